The highest BCUT2D eigenvalue weighted by Gasteiger charge is 2.55. The van der Waals surface area contributed by atoms with Crippen molar-refractivity contribution in [3.63, 3.8) is 0 Å². The van der Waals surface area contributed by atoms with Gasteiger partial charge in [0.05, 0.1) is 39.2 Å². The second-order valence-corrected chi connectivity index (χ2v) is 10.0. The molecule has 0 N–H and O–H groups in total. The van der Waals surface area contributed by atoms with Gasteiger partial charge in [-0.1, -0.05) is 0 Å². The van der Waals surface area contributed by atoms with Gasteiger partial charge in [-0.25, -0.2) is 0 Å². The van der Waals surface area contributed by atoms with E-state index in [1.54, 1.807) is 6.92 Å². The van der Waals surface area contributed by atoms with Gasteiger partial charge in [-0.15, -0.1) is 0 Å². The predicted octanol–water partition coefficient (Wildman–Crippen LogP) is 1.24. The van der Waals surface area contributed by atoms with Gasteiger partial charge < -0.3 is 18.9 Å². The Bertz CT molecular complexity index is 439. The molecule has 128 valence electrons. The van der Waals surface area contributed by atoms with Crippen molar-refractivity contribution in [3.8, 4) is 0 Å². The maximum absolute atomic E-state index is 12.6. The Hall–Kier alpha value is 0.140. The van der Waals surface area contributed by atoms with Crippen molar-refractivity contribution in [1.82, 2.24) is 0 Å². The van der Waals surface area contributed by atoms with E-state index in [0.717, 1.165) is 38.7 Å². The van der Waals surface area contributed by atoms with Crippen molar-refractivity contribution in [3.05, 3.63) is 0 Å². The molecular formula is C14H24O6S2. The first kappa shape index (κ1) is 17.0. The molecule has 3 fully saturated rings. The van der Waals surface area contributed by atoms with Crippen LogP contribution in [0.25, 0.3) is 0 Å². The maximum Gasteiger partial charge on any atom is 0.217 e. The van der Waals surface area contributed by atoms with Crippen LogP contribution in [-0.4, -0.2) is 56.1 Å². The summed E-state index contributed by atoms with van der Waals surface area (Å²) in [6.45, 7) is 3.32. The number of ether oxygens (including phenoxy) is 4. The van der Waals surface area contributed by atoms with Crippen molar-refractivity contribution in [1.29, 1.82) is 0 Å². The van der Waals surface area contributed by atoms with Crippen LogP contribution in [0.1, 0.15) is 39.0 Å². The van der Waals surface area contributed by atoms with Crippen molar-refractivity contribution in [2.24, 2.45) is 0 Å². The first-order valence-electron chi connectivity index (χ1n) is 7.93. The molecule has 6 unspecified atom stereocenters. The minimum atomic E-state index is -1.40. The molecule has 3 aliphatic heterocycles. The van der Waals surface area contributed by atoms with Crippen LogP contribution in [0.15, 0.2) is 0 Å². The number of rotatable bonds is 5. The quantitative estimate of drug-likeness (QED) is 0.741. The summed E-state index contributed by atoms with van der Waals surface area (Å²) in [6.07, 6.45) is 4.05. The van der Waals surface area contributed by atoms with Gasteiger partial charge in [0.2, 0.25) is 4.27 Å². The highest BCUT2D eigenvalue weighted by atomic mass is 32.2. The van der Waals surface area contributed by atoms with Crippen LogP contribution in [0.3, 0.4) is 0 Å². The zero-order chi connectivity index (χ0) is 15.6. The minimum absolute atomic E-state index is 0.162. The third-order valence-electron chi connectivity index (χ3n) is 4.31. The second-order valence-electron chi connectivity index (χ2n) is 5.91. The topological polar surface area (TPSA) is 71.1 Å². The molecule has 3 saturated heterocycles. The van der Waals surface area contributed by atoms with E-state index in [0.29, 0.717) is 19.0 Å². The summed E-state index contributed by atoms with van der Waals surface area (Å²) in [7, 11) is -2.71. The second kappa shape index (κ2) is 7.36. The van der Waals surface area contributed by atoms with E-state index in [1.807, 2.05) is 0 Å². The van der Waals surface area contributed by atoms with Gasteiger partial charge >= 0.3 is 0 Å². The summed E-state index contributed by atoms with van der Waals surface area (Å²) in [5, 5.41) is -0.162. The lowest BCUT2D eigenvalue weighted by atomic mass is 10.2. The molecule has 6 nitrogen and oxygen atoms in total. The lowest BCUT2D eigenvalue weighted by molar-refractivity contribution is -0.161. The van der Waals surface area contributed by atoms with E-state index >= 15 is 0 Å². The van der Waals surface area contributed by atoms with E-state index in [4.69, 9.17) is 18.9 Å². The summed E-state index contributed by atoms with van der Waals surface area (Å²) in [6, 6.07) is 0. The molecule has 8 heteroatoms. The van der Waals surface area contributed by atoms with Gasteiger partial charge in [0.25, 0.3) is 0 Å². The fourth-order valence-electron chi connectivity index (χ4n) is 3.01. The Labute approximate surface area is 136 Å². The highest BCUT2D eigenvalue weighted by molar-refractivity contribution is 8.04. The Balaban J connectivity index is 1.51. The van der Waals surface area contributed by atoms with Gasteiger partial charge in [0.1, 0.15) is 0 Å². The summed E-state index contributed by atoms with van der Waals surface area (Å²) < 4.78 is 46.4. The monoisotopic (exact) mass is 352 g/mol. The average Bonchev–Trinajstić information content (AvgIpc) is 2.81. The third-order valence-corrected chi connectivity index (χ3v) is 8.66. The van der Waals surface area contributed by atoms with Crippen molar-refractivity contribution >= 4 is 21.6 Å². The number of hydrogen-bond donors (Lipinski definition) is 0. The number of hydrogen-bond acceptors (Lipinski definition) is 6. The number of fused-ring (bicyclic) bond motifs is 1. The van der Waals surface area contributed by atoms with Crippen LogP contribution in [0.4, 0.5) is 0 Å². The molecule has 0 bridgehead atoms. The van der Waals surface area contributed by atoms with Crippen LogP contribution in [0.2, 0.25) is 0 Å². The van der Waals surface area contributed by atoms with E-state index in [2.05, 4.69) is 0 Å². The molecule has 0 aliphatic carbocycles. The smallest absolute Gasteiger partial charge is 0.217 e. The highest BCUT2D eigenvalue weighted by Crippen LogP contribution is 2.39. The molecular weight excluding hydrogens is 328 g/mol. The van der Waals surface area contributed by atoms with Crippen molar-refractivity contribution in [2.45, 2.75) is 61.1 Å². The van der Waals surface area contributed by atoms with Gasteiger partial charge in [0.15, 0.2) is 12.6 Å². The SMILES string of the molecule is CC1(S(=O)CCOC2CCCCO2)OC2OCCCC2S1=O. The average molecular weight is 352 g/mol. The van der Waals surface area contributed by atoms with E-state index in [1.165, 1.54) is 0 Å². The van der Waals surface area contributed by atoms with Crippen LogP contribution in [-0.2, 0) is 40.5 Å². The molecule has 6 atom stereocenters. The normalized spacial score (nSPS) is 43.7. The summed E-state index contributed by atoms with van der Waals surface area (Å²) in [5.41, 5.74) is 0. The molecule has 0 spiro atoms. The molecule has 0 amide bonds. The zero-order valence-electron chi connectivity index (χ0n) is 12.9. The lowest BCUT2D eigenvalue weighted by Gasteiger charge is -2.25. The Morgan fingerprint density at radius 1 is 1.23 bits per heavy atom. The molecule has 0 saturated carbocycles. The standard InChI is InChI=1S/C14H24O6S2/c1-14(20-13-11(22(14)16)5-4-8-19-13)21(15)10-9-18-12-6-2-3-7-17-12/h11-13H,2-10H2,1H3. The van der Waals surface area contributed by atoms with E-state index in [9.17, 15) is 8.42 Å². The molecule has 0 aromatic rings. The zero-order valence-corrected chi connectivity index (χ0v) is 14.5. The summed E-state index contributed by atoms with van der Waals surface area (Å²) >= 11 is 0. The maximum atomic E-state index is 12.6. The van der Waals surface area contributed by atoms with Gasteiger partial charge in [-0.05, 0) is 39.0 Å². The Morgan fingerprint density at radius 3 is 2.77 bits per heavy atom. The van der Waals surface area contributed by atoms with Crippen LogP contribution in [0, 0.1) is 0 Å². The van der Waals surface area contributed by atoms with Crippen LogP contribution >= 0.6 is 0 Å². The van der Waals surface area contributed by atoms with E-state index in [-0.39, 0.29) is 11.5 Å². The Kier molecular flexibility index (Phi) is 5.68. The van der Waals surface area contributed by atoms with Crippen molar-refractivity contribution in [2.75, 3.05) is 25.6 Å². The largest absolute Gasteiger partial charge is 0.353 e. The fraction of sp³-hybridized carbons (Fsp3) is 1.00. The third kappa shape index (κ3) is 3.47. The summed E-state index contributed by atoms with van der Waals surface area (Å²) in [5.74, 6) is 0.293. The molecule has 0 aromatic heterocycles. The van der Waals surface area contributed by atoms with Crippen LogP contribution in [0.5, 0.6) is 0 Å². The summed E-state index contributed by atoms with van der Waals surface area (Å²) in [4.78, 5) is 0. The predicted molar refractivity (Wildman–Crippen MR) is 82.9 cm³/mol. The van der Waals surface area contributed by atoms with Gasteiger partial charge in [0, 0.05) is 13.2 Å². The first-order valence-corrected chi connectivity index (χ1v) is 10.5. The van der Waals surface area contributed by atoms with Gasteiger partial charge in [-0.3, -0.25) is 8.42 Å². The molecule has 22 heavy (non-hydrogen) atoms. The fourth-order valence-corrected chi connectivity index (χ4v) is 6.64. The van der Waals surface area contributed by atoms with Crippen molar-refractivity contribution < 1.29 is 27.4 Å². The lowest BCUT2D eigenvalue weighted by Crippen LogP contribution is -2.38. The molecule has 3 rings (SSSR count). The minimum Gasteiger partial charge on any atom is -0.353 e. The molecule has 0 aromatic carbocycles. The van der Waals surface area contributed by atoms with Crippen LogP contribution < -0.4 is 0 Å². The van der Waals surface area contributed by atoms with E-state index < -0.39 is 32.2 Å². The molecule has 3 aliphatic rings. The molecule has 0 radical (unpaired) electrons. The molecule has 3 heterocycles. The Morgan fingerprint density at radius 2 is 2.05 bits per heavy atom. The first-order chi connectivity index (χ1) is 10.6. The van der Waals surface area contributed by atoms with Gasteiger partial charge in [-0.2, -0.15) is 0 Å².